The number of anilines is 2. The van der Waals surface area contributed by atoms with Crippen molar-refractivity contribution in [3.8, 4) is 0 Å². The fraction of sp³-hybridized carbons (Fsp3) is 0.250. The number of nitrogens with zero attached hydrogens (tertiary/aromatic N) is 4. The monoisotopic (exact) mass is 443 g/mol. The van der Waals surface area contributed by atoms with E-state index in [0.29, 0.717) is 16.4 Å². The van der Waals surface area contributed by atoms with Gasteiger partial charge in [0.15, 0.2) is 12.1 Å². The Hall–Kier alpha value is -2.91. The van der Waals surface area contributed by atoms with Crippen molar-refractivity contribution in [3.05, 3.63) is 53.1 Å². The lowest BCUT2D eigenvalue weighted by atomic mass is 10.1. The van der Waals surface area contributed by atoms with Gasteiger partial charge in [-0.25, -0.2) is 4.90 Å². The summed E-state index contributed by atoms with van der Waals surface area (Å²) >= 11 is 7.71. The predicted octanol–water partition coefficient (Wildman–Crippen LogP) is 3.30. The molecule has 10 heteroatoms. The van der Waals surface area contributed by atoms with E-state index < -0.39 is 23.9 Å². The van der Waals surface area contributed by atoms with E-state index in [1.54, 1.807) is 36.0 Å². The van der Waals surface area contributed by atoms with Gasteiger partial charge in [0.05, 0.1) is 5.69 Å². The second kappa shape index (κ2) is 8.08. The van der Waals surface area contributed by atoms with Crippen molar-refractivity contribution in [3.63, 3.8) is 0 Å². The molecule has 2 aromatic carbocycles. The third kappa shape index (κ3) is 3.66. The van der Waals surface area contributed by atoms with Crippen LogP contribution in [0.2, 0.25) is 5.02 Å². The number of hydrogen-bond donors (Lipinski definition) is 1. The van der Waals surface area contributed by atoms with Gasteiger partial charge in [-0.05, 0) is 49.1 Å². The highest BCUT2D eigenvalue weighted by Gasteiger charge is 2.55. The molecule has 2 heterocycles. The Kier molecular flexibility index (Phi) is 5.48. The molecule has 0 radical (unpaired) electrons. The first-order valence-electron chi connectivity index (χ1n) is 9.14. The summed E-state index contributed by atoms with van der Waals surface area (Å²) in [5.74, 6) is -1.32. The molecule has 2 aliphatic rings. The molecule has 0 unspecified atom stereocenters. The Morgan fingerprint density at radius 2 is 2.00 bits per heavy atom. The van der Waals surface area contributed by atoms with Gasteiger partial charge in [-0.3, -0.25) is 19.4 Å². The van der Waals surface area contributed by atoms with E-state index in [0.717, 1.165) is 15.4 Å². The van der Waals surface area contributed by atoms with E-state index in [1.807, 2.05) is 31.4 Å². The van der Waals surface area contributed by atoms with E-state index in [1.165, 1.54) is 5.01 Å². The molecule has 1 fully saturated rings. The number of hydrogen-bond acceptors (Lipinski definition) is 7. The number of imide groups is 1. The maximum Gasteiger partial charge on any atom is 0.263 e. The summed E-state index contributed by atoms with van der Waals surface area (Å²) in [4.78, 5) is 40.3. The van der Waals surface area contributed by atoms with Crippen molar-refractivity contribution in [2.24, 2.45) is 10.3 Å². The summed E-state index contributed by atoms with van der Waals surface area (Å²) in [7, 11) is 0. The van der Waals surface area contributed by atoms with Crippen LogP contribution >= 0.6 is 23.4 Å². The van der Waals surface area contributed by atoms with Gasteiger partial charge in [0, 0.05) is 15.6 Å². The zero-order valence-electron chi connectivity index (χ0n) is 16.2. The Morgan fingerprint density at radius 1 is 1.20 bits per heavy atom. The number of amides is 3. The maximum atomic E-state index is 13.0. The minimum absolute atomic E-state index is 0.199. The molecule has 154 valence electrons. The van der Waals surface area contributed by atoms with Crippen molar-refractivity contribution in [2.75, 3.05) is 23.0 Å². The molecule has 1 N–H and O–H groups in total. The van der Waals surface area contributed by atoms with Crippen LogP contribution in [0.25, 0.3) is 0 Å². The van der Waals surface area contributed by atoms with E-state index in [4.69, 9.17) is 11.6 Å². The van der Waals surface area contributed by atoms with Gasteiger partial charge in [-0.1, -0.05) is 29.0 Å². The normalized spacial score (nSPS) is 20.1. The highest BCUT2D eigenvalue weighted by atomic mass is 35.5. The zero-order chi connectivity index (χ0) is 21.4. The molecule has 2 atom stereocenters. The van der Waals surface area contributed by atoms with E-state index in [9.17, 15) is 14.4 Å². The van der Waals surface area contributed by atoms with Gasteiger partial charge < -0.3 is 5.32 Å². The number of benzene rings is 2. The first-order valence-corrected chi connectivity index (χ1v) is 10.7. The van der Waals surface area contributed by atoms with Gasteiger partial charge in [0.1, 0.15) is 6.54 Å². The molecule has 1 saturated heterocycles. The van der Waals surface area contributed by atoms with Crippen molar-refractivity contribution < 1.29 is 14.4 Å². The topological polar surface area (TPSA) is 94.4 Å². The maximum absolute atomic E-state index is 13.0. The number of rotatable bonds is 5. The van der Waals surface area contributed by atoms with Gasteiger partial charge >= 0.3 is 0 Å². The predicted molar refractivity (Wildman–Crippen MR) is 115 cm³/mol. The molecule has 4 rings (SSSR count). The van der Waals surface area contributed by atoms with Gasteiger partial charge in [0.25, 0.3) is 11.8 Å². The Bertz CT molecular complexity index is 1080. The van der Waals surface area contributed by atoms with Crippen molar-refractivity contribution in [2.45, 2.75) is 23.9 Å². The number of fused-ring (bicyclic) bond motifs is 1. The van der Waals surface area contributed by atoms with Crippen LogP contribution in [0.1, 0.15) is 5.56 Å². The van der Waals surface area contributed by atoms with Crippen molar-refractivity contribution in [1.29, 1.82) is 0 Å². The van der Waals surface area contributed by atoms with Crippen LogP contribution in [0.4, 0.5) is 11.4 Å². The smallest absolute Gasteiger partial charge is 0.263 e. The number of nitrogens with one attached hydrogen (secondary N) is 1. The largest absolute Gasteiger partial charge is 0.324 e. The molecule has 0 saturated carbocycles. The second-order valence-corrected chi connectivity index (χ2v) is 8.20. The Balaban J connectivity index is 1.49. The molecule has 2 aliphatic heterocycles. The average Bonchev–Trinajstić information content (AvgIpc) is 3.24. The summed E-state index contributed by atoms with van der Waals surface area (Å²) in [5, 5.41) is 12.3. The van der Waals surface area contributed by atoms with Crippen LogP contribution in [0.15, 0.2) is 57.7 Å². The van der Waals surface area contributed by atoms with E-state index in [-0.39, 0.29) is 12.5 Å². The van der Waals surface area contributed by atoms with Crippen LogP contribution in [-0.4, -0.2) is 47.6 Å². The molecule has 0 aromatic heterocycles. The number of thioether (sulfide) groups is 1. The second-order valence-electron chi connectivity index (χ2n) is 6.92. The fourth-order valence-electron chi connectivity index (χ4n) is 3.38. The number of carbonyl (C=O) groups is 3. The van der Waals surface area contributed by atoms with E-state index >= 15 is 0 Å². The van der Waals surface area contributed by atoms with Crippen LogP contribution in [-0.2, 0) is 14.4 Å². The highest BCUT2D eigenvalue weighted by Crippen LogP contribution is 2.33. The first kappa shape index (κ1) is 20.4. The average molecular weight is 444 g/mol. The molecule has 3 amide bonds. The van der Waals surface area contributed by atoms with Gasteiger partial charge in [0.2, 0.25) is 5.91 Å². The lowest BCUT2D eigenvalue weighted by molar-refractivity contribution is -0.123. The van der Waals surface area contributed by atoms with Crippen LogP contribution in [0, 0.1) is 6.92 Å². The summed E-state index contributed by atoms with van der Waals surface area (Å²) in [5.41, 5.74) is 1.86. The van der Waals surface area contributed by atoms with Crippen molar-refractivity contribution >= 4 is 52.5 Å². The van der Waals surface area contributed by atoms with Gasteiger partial charge in [-0.2, -0.15) is 5.11 Å². The lowest BCUT2D eigenvalue weighted by Gasteiger charge is -2.20. The third-order valence-corrected chi connectivity index (χ3v) is 6.06. The summed E-state index contributed by atoms with van der Waals surface area (Å²) in [6.07, 6.45) is 1.95. The Labute approximate surface area is 182 Å². The standard InChI is InChI=1S/C20H18ClN5O3S/c1-11-6-7-13(9-15(11)21)26-19(28)17-18(20(26)29)25(24-23-17)10-16(27)22-12-4-3-5-14(8-12)30-2/h3-9,17-18H,10H2,1-2H3,(H,22,27)/t17-,18-/m0/s1. The quantitative estimate of drug-likeness (QED) is 0.565. The highest BCUT2D eigenvalue weighted by molar-refractivity contribution is 7.98. The summed E-state index contributed by atoms with van der Waals surface area (Å²) in [6.45, 7) is 1.63. The molecule has 0 bridgehead atoms. The van der Waals surface area contributed by atoms with Crippen LogP contribution < -0.4 is 10.2 Å². The summed E-state index contributed by atoms with van der Waals surface area (Å²) < 4.78 is 0. The molecule has 8 nitrogen and oxygen atoms in total. The van der Waals surface area contributed by atoms with Gasteiger partial charge in [-0.15, -0.1) is 11.8 Å². The minimum atomic E-state index is -0.967. The van der Waals surface area contributed by atoms with E-state index in [2.05, 4.69) is 15.7 Å². The zero-order valence-corrected chi connectivity index (χ0v) is 17.8. The first-order chi connectivity index (χ1) is 14.4. The lowest BCUT2D eigenvalue weighted by Crippen LogP contribution is -2.43. The van der Waals surface area contributed by atoms with Crippen molar-refractivity contribution in [1.82, 2.24) is 5.01 Å². The van der Waals surface area contributed by atoms with Crippen LogP contribution in [0.5, 0.6) is 0 Å². The molecule has 2 aromatic rings. The molecular formula is C20H18ClN5O3S. The van der Waals surface area contributed by atoms with Crippen LogP contribution in [0.3, 0.4) is 0 Å². The molecule has 0 aliphatic carbocycles. The number of halogens is 1. The minimum Gasteiger partial charge on any atom is -0.324 e. The fourth-order valence-corrected chi connectivity index (χ4v) is 4.01. The SMILES string of the molecule is CSc1cccc(NC(=O)CN2N=N[C@@H]3C(=O)N(c4ccc(C)c(Cl)c4)C(=O)[C@H]32)c1. The number of carbonyl (C=O) groups excluding carboxylic acids is 3. The third-order valence-electron chi connectivity index (χ3n) is 4.93. The summed E-state index contributed by atoms with van der Waals surface area (Å²) in [6, 6.07) is 10.5. The molecule has 30 heavy (non-hydrogen) atoms. The number of aryl methyl sites for hydroxylation is 1. The molecular weight excluding hydrogens is 426 g/mol. The Morgan fingerprint density at radius 3 is 2.73 bits per heavy atom. The molecule has 0 spiro atoms.